The molecule has 0 amide bonds. The number of methoxy groups -OCH3 is 1. The highest BCUT2D eigenvalue weighted by Gasteiger charge is 2.69. The van der Waals surface area contributed by atoms with Gasteiger partial charge in [0.2, 0.25) is 0 Å². The number of rotatable bonds is 5. The van der Waals surface area contributed by atoms with E-state index < -0.39 is 0 Å². The molecule has 4 atom stereocenters. The minimum absolute atomic E-state index is 0.415. The lowest BCUT2D eigenvalue weighted by molar-refractivity contribution is 0.154. The SMILES string of the molecule is CCN1CC2C(COC)C2(C2=CCC(N3CCCC3)C=C2)C1. The molecule has 4 unspecified atom stereocenters. The number of hydrogen-bond acceptors (Lipinski definition) is 3. The molecular formula is C19H30N2O. The summed E-state index contributed by atoms with van der Waals surface area (Å²) >= 11 is 0. The van der Waals surface area contributed by atoms with Crippen LogP contribution in [0.2, 0.25) is 0 Å². The monoisotopic (exact) mass is 302 g/mol. The zero-order valence-electron chi connectivity index (χ0n) is 14.1. The Labute approximate surface area is 135 Å². The van der Waals surface area contributed by atoms with E-state index in [0.29, 0.717) is 11.5 Å². The molecule has 2 aliphatic carbocycles. The maximum Gasteiger partial charge on any atom is 0.0503 e. The number of hydrogen-bond donors (Lipinski definition) is 0. The van der Waals surface area contributed by atoms with Crippen LogP contribution in [0.4, 0.5) is 0 Å². The van der Waals surface area contributed by atoms with E-state index in [9.17, 15) is 0 Å². The zero-order valence-corrected chi connectivity index (χ0v) is 14.1. The maximum atomic E-state index is 5.51. The molecule has 0 aromatic carbocycles. The predicted octanol–water partition coefficient (Wildman–Crippen LogP) is 2.55. The van der Waals surface area contributed by atoms with Gasteiger partial charge in [-0.05, 0) is 56.3 Å². The number of likely N-dealkylation sites (tertiary alicyclic amines) is 2. The zero-order chi connectivity index (χ0) is 15.2. The minimum Gasteiger partial charge on any atom is -0.384 e. The van der Waals surface area contributed by atoms with Gasteiger partial charge in [0, 0.05) is 31.7 Å². The molecule has 0 aromatic heterocycles. The third-order valence-electron chi connectivity index (χ3n) is 6.66. The summed E-state index contributed by atoms with van der Waals surface area (Å²) in [6.07, 6.45) is 11.5. The highest BCUT2D eigenvalue weighted by atomic mass is 16.5. The smallest absolute Gasteiger partial charge is 0.0503 e. The lowest BCUT2D eigenvalue weighted by Crippen LogP contribution is -2.33. The van der Waals surface area contributed by atoms with E-state index in [1.807, 2.05) is 7.11 Å². The van der Waals surface area contributed by atoms with Crippen molar-refractivity contribution >= 4 is 0 Å². The van der Waals surface area contributed by atoms with Crippen LogP contribution in [0, 0.1) is 17.3 Å². The van der Waals surface area contributed by atoms with Crippen LogP contribution in [0.25, 0.3) is 0 Å². The molecule has 3 fully saturated rings. The molecule has 4 rings (SSSR count). The van der Waals surface area contributed by atoms with Crippen molar-refractivity contribution in [3.05, 3.63) is 23.8 Å². The second kappa shape index (κ2) is 5.77. The van der Waals surface area contributed by atoms with Gasteiger partial charge >= 0.3 is 0 Å². The first-order valence-electron chi connectivity index (χ1n) is 9.13. The summed E-state index contributed by atoms with van der Waals surface area (Å²) in [5, 5.41) is 0. The summed E-state index contributed by atoms with van der Waals surface area (Å²) in [5.41, 5.74) is 2.03. The normalized spacial score (nSPS) is 41.7. The molecule has 0 N–H and O–H groups in total. The first-order chi connectivity index (χ1) is 10.8. The summed E-state index contributed by atoms with van der Waals surface area (Å²) < 4.78 is 5.51. The highest BCUT2D eigenvalue weighted by Crippen LogP contribution is 2.67. The summed E-state index contributed by atoms with van der Waals surface area (Å²) in [6, 6.07) is 0.657. The molecular weight excluding hydrogens is 272 g/mol. The Bertz CT molecular complexity index is 480. The lowest BCUT2D eigenvalue weighted by atomic mass is 9.87. The summed E-state index contributed by atoms with van der Waals surface area (Å²) in [7, 11) is 1.85. The van der Waals surface area contributed by atoms with Gasteiger partial charge in [0.1, 0.15) is 0 Å². The Kier molecular flexibility index (Phi) is 3.91. The number of piperidine rings is 1. The molecule has 3 heteroatoms. The fourth-order valence-corrected chi connectivity index (χ4v) is 5.34. The van der Waals surface area contributed by atoms with Gasteiger partial charge in [-0.2, -0.15) is 0 Å². The highest BCUT2D eigenvalue weighted by molar-refractivity contribution is 5.42. The van der Waals surface area contributed by atoms with Crippen LogP contribution in [-0.4, -0.2) is 62.3 Å². The fraction of sp³-hybridized carbons (Fsp3) is 0.789. The molecule has 122 valence electrons. The van der Waals surface area contributed by atoms with Crippen LogP contribution in [-0.2, 0) is 4.74 Å². The van der Waals surface area contributed by atoms with Crippen LogP contribution in [0.15, 0.2) is 23.8 Å². The molecule has 0 spiro atoms. The minimum atomic E-state index is 0.415. The molecule has 2 aliphatic heterocycles. The standard InChI is InChI=1S/C19H30N2O/c1-3-20-12-17-18(13-22-2)19(17,14-20)15-6-8-16(9-7-15)21-10-4-5-11-21/h6-8,16-18H,3-5,9-14H2,1-2H3. The molecule has 0 radical (unpaired) electrons. The van der Waals surface area contributed by atoms with Gasteiger partial charge in [-0.3, -0.25) is 4.90 Å². The van der Waals surface area contributed by atoms with Crippen molar-refractivity contribution in [2.24, 2.45) is 17.3 Å². The van der Waals surface area contributed by atoms with Crippen molar-refractivity contribution in [1.82, 2.24) is 9.80 Å². The molecule has 3 nitrogen and oxygen atoms in total. The first kappa shape index (κ1) is 14.9. The van der Waals surface area contributed by atoms with Crippen molar-refractivity contribution in [1.29, 1.82) is 0 Å². The Morgan fingerprint density at radius 2 is 2.14 bits per heavy atom. The van der Waals surface area contributed by atoms with Crippen LogP contribution < -0.4 is 0 Å². The summed E-state index contributed by atoms with van der Waals surface area (Å²) in [6.45, 7) is 9.51. The van der Waals surface area contributed by atoms with E-state index in [0.717, 1.165) is 18.4 Å². The second-order valence-electron chi connectivity index (χ2n) is 7.60. The van der Waals surface area contributed by atoms with Gasteiger partial charge in [0.25, 0.3) is 0 Å². The van der Waals surface area contributed by atoms with E-state index in [-0.39, 0.29) is 0 Å². The number of nitrogens with zero attached hydrogens (tertiary/aromatic N) is 2. The predicted molar refractivity (Wildman–Crippen MR) is 89.8 cm³/mol. The summed E-state index contributed by atoms with van der Waals surface area (Å²) in [5.74, 6) is 1.58. The topological polar surface area (TPSA) is 15.7 Å². The second-order valence-corrected chi connectivity index (χ2v) is 7.60. The first-order valence-corrected chi connectivity index (χ1v) is 9.13. The van der Waals surface area contributed by atoms with Crippen LogP contribution in [0.3, 0.4) is 0 Å². The van der Waals surface area contributed by atoms with E-state index in [4.69, 9.17) is 4.74 Å². The van der Waals surface area contributed by atoms with Gasteiger partial charge < -0.3 is 9.64 Å². The molecule has 1 saturated carbocycles. The molecule has 22 heavy (non-hydrogen) atoms. The maximum absolute atomic E-state index is 5.51. The van der Waals surface area contributed by atoms with Crippen LogP contribution in [0.5, 0.6) is 0 Å². The number of ether oxygens (including phenoxy) is 1. The van der Waals surface area contributed by atoms with E-state index in [1.54, 1.807) is 5.57 Å². The van der Waals surface area contributed by atoms with Gasteiger partial charge in [-0.1, -0.05) is 25.2 Å². The van der Waals surface area contributed by atoms with Crippen molar-refractivity contribution in [3.63, 3.8) is 0 Å². The van der Waals surface area contributed by atoms with Gasteiger partial charge in [-0.25, -0.2) is 0 Å². The Morgan fingerprint density at radius 1 is 1.32 bits per heavy atom. The number of fused-ring (bicyclic) bond motifs is 1. The Hall–Kier alpha value is -0.640. The van der Waals surface area contributed by atoms with Gasteiger partial charge in [0.15, 0.2) is 0 Å². The summed E-state index contributed by atoms with van der Waals surface area (Å²) in [4.78, 5) is 5.28. The molecule has 0 aromatic rings. The third-order valence-corrected chi connectivity index (χ3v) is 6.66. The average Bonchev–Trinajstić information content (AvgIpc) is 3.01. The average molecular weight is 302 g/mol. The van der Waals surface area contributed by atoms with Crippen LogP contribution in [0.1, 0.15) is 26.2 Å². The number of allylic oxidation sites excluding steroid dienone is 1. The van der Waals surface area contributed by atoms with Gasteiger partial charge in [0.05, 0.1) is 6.61 Å². The van der Waals surface area contributed by atoms with Crippen molar-refractivity contribution in [3.8, 4) is 0 Å². The van der Waals surface area contributed by atoms with Crippen molar-refractivity contribution < 1.29 is 4.74 Å². The molecule has 0 bridgehead atoms. The molecule has 4 aliphatic rings. The van der Waals surface area contributed by atoms with E-state index in [2.05, 4.69) is 35.0 Å². The Balaban J connectivity index is 1.48. The van der Waals surface area contributed by atoms with E-state index in [1.165, 1.54) is 52.0 Å². The van der Waals surface area contributed by atoms with Crippen molar-refractivity contribution in [2.75, 3.05) is 46.4 Å². The fourth-order valence-electron chi connectivity index (χ4n) is 5.34. The van der Waals surface area contributed by atoms with Gasteiger partial charge in [-0.15, -0.1) is 0 Å². The van der Waals surface area contributed by atoms with Crippen LogP contribution >= 0.6 is 0 Å². The quantitative estimate of drug-likeness (QED) is 0.776. The van der Waals surface area contributed by atoms with Crippen molar-refractivity contribution in [2.45, 2.75) is 32.2 Å². The van der Waals surface area contributed by atoms with E-state index >= 15 is 0 Å². The third kappa shape index (κ3) is 2.21. The Morgan fingerprint density at radius 3 is 2.77 bits per heavy atom. The molecule has 2 saturated heterocycles. The largest absolute Gasteiger partial charge is 0.384 e. The molecule has 2 heterocycles. The lowest BCUT2D eigenvalue weighted by Gasteiger charge is -2.29.